The average molecular weight is 287 g/mol. The molecule has 0 atom stereocenters. The smallest absolute Gasteiger partial charge is 0.225 e. The number of carbonyl (C=O) groups is 1. The fourth-order valence-electron chi connectivity index (χ4n) is 3.33. The summed E-state index contributed by atoms with van der Waals surface area (Å²) in [5, 5.41) is 0. The number of hydrogen-bond donors (Lipinski definition) is 0. The Morgan fingerprint density at radius 3 is 2.48 bits per heavy atom. The van der Waals surface area contributed by atoms with Crippen LogP contribution >= 0.6 is 0 Å². The summed E-state index contributed by atoms with van der Waals surface area (Å²) >= 11 is 0. The summed E-state index contributed by atoms with van der Waals surface area (Å²) in [5.74, 6) is 0.707. The molecular weight excluding hydrogens is 262 g/mol. The first-order chi connectivity index (χ1) is 10.2. The minimum atomic E-state index is 0.324. The predicted molar refractivity (Wildman–Crippen MR) is 82.6 cm³/mol. The Morgan fingerprint density at radius 2 is 1.90 bits per heavy atom. The van der Waals surface area contributed by atoms with E-state index in [0.717, 1.165) is 45.3 Å². The van der Waals surface area contributed by atoms with Gasteiger partial charge in [-0.25, -0.2) is 0 Å². The first-order valence-electron chi connectivity index (χ1n) is 8.12. The Labute approximate surface area is 127 Å². The Balaban J connectivity index is 1.47. The molecule has 114 valence electrons. The summed E-state index contributed by atoms with van der Waals surface area (Å²) in [6.45, 7) is 3.15. The number of hydrogen-bond acceptors (Lipinski definition) is 3. The zero-order chi connectivity index (χ0) is 14.7. The Morgan fingerprint density at radius 1 is 1.24 bits per heavy atom. The molecule has 1 aromatic heterocycles. The van der Waals surface area contributed by atoms with Gasteiger partial charge in [-0.15, -0.1) is 0 Å². The SMILES string of the molecule is CN(C(=O)C1CCC1)C1CCN(Cc2ccncc2)CC1. The zero-order valence-electron chi connectivity index (χ0n) is 12.9. The summed E-state index contributed by atoms with van der Waals surface area (Å²) in [5.41, 5.74) is 1.32. The molecule has 0 aromatic carbocycles. The van der Waals surface area contributed by atoms with Crippen LogP contribution in [0.25, 0.3) is 0 Å². The first kappa shape index (κ1) is 14.5. The van der Waals surface area contributed by atoms with Crippen LogP contribution in [-0.2, 0) is 11.3 Å². The molecule has 3 rings (SSSR count). The maximum atomic E-state index is 12.3. The zero-order valence-corrected chi connectivity index (χ0v) is 12.9. The Kier molecular flexibility index (Phi) is 4.54. The van der Waals surface area contributed by atoms with Crippen LogP contribution in [0.4, 0.5) is 0 Å². The number of pyridine rings is 1. The van der Waals surface area contributed by atoms with Gasteiger partial charge in [0.1, 0.15) is 0 Å². The lowest BCUT2D eigenvalue weighted by Gasteiger charge is -2.39. The van der Waals surface area contributed by atoms with Gasteiger partial charge in [0.15, 0.2) is 0 Å². The van der Waals surface area contributed by atoms with E-state index in [1.165, 1.54) is 12.0 Å². The molecule has 2 heterocycles. The van der Waals surface area contributed by atoms with Crippen LogP contribution in [-0.4, -0.2) is 46.9 Å². The first-order valence-corrected chi connectivity index (χ1v) is 8.12. The summed E-state index contributed by atoms with van der Waals surface area (Å²) in [6, 6.07) is 4.60. The van der Waals surface area contributed by atoms with Gasteiger partial charge in [0, 0.05) is 51.0 Å². The fourth-order valence-corrected chi connectivity index (χ4v) is 3.33. The highest BCUT2D eigenvalue weighted by molar-refractivity contribution is 5.79. The molecular formula is C17H25N3O. The second-order valence-corrected chi connectivity index (χ2v) is 6.44. The molecule has 1 saturated heterocycles. The highest BCUT2D eigenvalue weighted by Crippen LogP contribution is 2.29. The van der Waals surface area contributed by atoms with Gasteiger partial charge in [0.25, 0.3) is 0 Å². The van der Waals surface area contributed by atoms with Crippen molar-refractivity contribution < 1.29 is 4.79 Å². The quantitative estimate of drug-likeness (QED) is 0.852. The van der Waals surface area contributed by atoms with Crippen molar-refractivity contribution in [2.24, 2.45) is 5.92 Å². The van der Waals surface area contributed by atoms with Gasteiger partial charge < -0.3 is 4.90 Å². The minimum Gasteiger partial charge on any atom is -0.342 e. The second-order valence-electron chi connectivity index (χ2n) is 6.44. The third kappa shape index (κ3) is 3.43. The van der Waals surface area contributed by atoms with E-state index in [4.69, 9.17) is 0 Å². The van der Waals surface area contributed by atoms with Crippen molar-refractivity contribution in [2.75, 3.05) is 20.1 Å². The predicted octanol–water partition coefficient (Wildman–Crippen LogP) is 2.30. The standard InChI is InChI=1S/C17H25N3O/c1-19(17(21)15-3-2-4-15)16-7-11-20(12-8-16)13-14-5-9-18-10-6-14/h5-6,9-10,15-16H,2-4,7-8,11-13H2,1H3. The Bertz CT molecular complexity index is 464. The van der Waals surface area contributed by atoms with E-state index in [0.29, 0.717) is 17.9 Å². The lowest BCUT2D eigenvalue weighted by atomic mass is 9.84. The van der Waals surface area contributed by atoms with Crippen LogP contribution in [0.5, 0.6) is 0 Å². The van der Waals surface area contributed by atoms with Gasteiger partial charge in [0.05, 0.1) is 0 Å². The summed E-state index contributed by atoms with van der Waals surface area (Å²) in [4.78, 5) is 20.9. The summed E-state index contributed by atoms with van der Waals surface area (Å²) in [7, 11) is 2.00. The molecule has 0 N–H and O–H groups in total. The van der Waals surface area contributed by atoms with Crippen molar-refractivity contribution in [2.45, 2.75) is 44.7 Å². The molecule has 0 bridgehead atoms. The van der Waals surface area contributed by atoms with E-state index in [9.17, 15) is 4.79 Å². The second kappa shape index (κ2) is 6.56. The fraction of sp³-hybridized carbons (Fsp3) is 0.647. The molecule has 0 radical (unpaired) electrons. The monoisotopic (exact) mass is 287 g/mol. The summed E-state index contributed by atoms with van der Waals surface area (Å²) in [6.07, 6.45) is 9.34. The number of carbonyl (C=O) groups excluding carboxylic acids is 1. The van der Waals surface area contributed by atoms with Crippen molar-refractivity contribution >= 4 is 5.91 Å². The van der Waals surface area contributed by atoms with Gasteiger partial charge in [-0.1, -0.05) is 6.42 Å². The number of nitrogens with zero attached hydrogens (tertiary/aromatic N) is 3. The molecule has 1 aliphatic heterocycles. The molecule has 1 saturated carbocycles. The molecule has 4 heteroatoms. The number of piperidine rings is 1. The molecule has 1 aliphatic carbocycles. The van der Waals surface area contributed by atoms with Gasteiger partial charge in [-0.3, -0.25) is 14.7 Å². The van der Waals surface area contributed by atoms with Crippen LogP contribution in [0.1, 0.15) is 37.7 Å². The average Bonchev–Trinajstić information content (AvgIpc) is 2.46. The van der Waals surface area contributed by atoms with Crippen molar-refractivity contribution in [1.29, 1.82) is 0 Å². The van der Waals surface area contributed by atoms with E-state index < -0.39 is 0 Å². The number of aromatic nitrogens is 1. The maximum Gasteiger partial charge on any atom is 0.225 e. The van der Waals surface area contributed by atoms with E-state index in [1.54, 1.807) is 0 Å². The van der Waals surface area contributed by atoms with Crippen molar-refractivity contribution in [3.05, 3.63) is 30.1 Å². The lowest BCUT2D eigenvalue weighted by molar-refractivity contribution is -0.139. The summed E-state index contributed by atoms with van der Waals surface area (Å²) < 4.78 is 0. The normalized spacial score (nSPS) is 21.0. The molecule has 0 spiro atoms. The lowest BCUT2D eigenvalue weighted by Crippen LogP contribution is -2.48. The number of amides is 1. The minimum absolute atomic E-state index is 0.324. The molecule has 21 heavy (non-hydrogen) atoms. The van der Waals surface area contributed by atoms with E-state index in [2.05, 4.69) is 22.0 Å². The van der Waals surface area contributed by atoms with Crippen molar-refractivity contribution in [3.63, 3.8) is 0 Å². The van der Waals surface area contributed by atoms with E-state index >= 15 is 0 Å². The molecule has 1 aromatic rings. The van der Waals surface area contributed by atoms with Crippen LogP contribution in [0.15, 0.2) is 24.5 Å². The van der Waals surface area contributed by atoms with Crippen LogP contribution in [0, 0.1) is 5.92 Å². The number of rotatable bonds is 4. The van der Waals surface area contributed by atoms with Crippen LogP contribution < -0.4 is 0 Å². The molecule has 0 unspecified atom stereocenters. The van der Waals surface area contributed by atoms with Crippen molar-refractivity contribution in [1.82, 2.24) is 14.8 Å². The molecule has 1 amide bonds. The topological polar surface area (TPSA) is 36.4 Å². The third-order valence-corrected chi connectivity index (χ3v) is 5.06. The molecule has 4 nitrogen and oxygen atoms in total. The highest BCUT2D eigenvalue weighted by Gasteiger charge is 2.32. The Hall–Kier alpha value is -1.42. The largest absolute Gasteiger partial charge is 0.342 e. The van der Waals surface area contributed by atoms with Crippen molar-refractivity contribution in [3.8, 4) is 0 Å². The number of likely N-dealkylation sites (tertiary alicyclic amines) is 1. The molecule has 2 aliphatic rings. The van der Waals surface area contributed by atoms with Gasteiger partial charge in [-0.05, 0) is 43.4 Å². The third-order valence-electron chi connectivity index (χ3n) is 5.06. The van der Waals surface area contributed by atoms with Gasteiger partial charge in [0.2, 0.25) is 5.91 Å². The van der Waals surface area contributed by atoms with Crippen LogP contribution in [0.2, 0.25) is 0 Å². The van der Waals surface area contributed by atoms with Crippen LogP contribution in [0.3, 0.4) is 0 Å². The van der Waals surface area contributed by atoms with Gasteiger partial charge in [-0.2, -0.15) is 0 Å². The van der Waals surface area contributed by atoms with E-state index in [1.807, 2.05) is 24.3 Å². The maximum absolute atomic E-state index is 12.3. The highest BCUT2D eigenvalue weighted by atomic mass is 16.2. The molecule has 2 fully saturated rings. The van der Waals surface area contributed by atoms with E-state index in [-0.39, 0.29) is 0 Å². The van der Waals surface area contributed by atoms with Gasteiger partial charge >= 0.3 is 0 Å².